The maximum absolute atomic E-state index is 12.0. The molecule has 2 aromatic rings. The van der Waals surface area contributed by atoms with Gasteiger partial charge in [0.15, 0.2) is 0 Å². The van der Waals surface area contributed by atoms with Crippen molar-refractivity contribution in [3.05, 3.63) is 36.7 Å². The van der Waals surface area contributed by atoms with Crippen LogP contribution in [0.25, 0.3) is 5.69 Å². The van der Waals surface area contributed by atoms with Gasteiger partial charge in [0.2, 0.25) is 5.91 Å². The number of hydrogen-bond acceptors (Lipinski definition) is 5. The lowest BCUT2D eigenvalue weighted by molar-refractivity contribution is -0.121. The van der Waals surface area contributed by atoms with Gasteiger partial charge >= 0.3 is 0 Å². The fourth-order valence-corrected chi connectivity index (χ4v) is 1.87. The monoisotopic (exact) mass is 284 g/mol. The summed E-state index contributed by atoms with van der Waals surface area (Å²) in [4.78, 5) is 24.4. The molecule has 0 spiro atoms. The van der Waals surface area contributed by atoms with Crippen LogP contribution in [-0.2, 0) is 9.59 Å². The topological polar surface area (TPSA) is 101 Å². The molecule has 3 rings (SSSR count). The predicted molar refractivity (Wildman–Crippen MR) is 74.8 cm³/mol. The van der Waals surface area contributed by atoms with Crippen LogP contribution in [0.4, 0.5) is 5.69 Å². The quantitative estimate of drug-likeness (QED) is 0.855. The first-order valence-corrected chi connectivity index (χ1v) is 6.36. The van der Waals surface area contributed by atoms with Gasteiger partial charge in [0.05, 0.1) is 18.1 Å². The van der Waals surface area contributed by atoms with E-state index >= 15 is 0 Å². The summed E-state index contributed by atoms with van der Waals surface area (Å²) in [7, 11) is 0. The third kappa shape index (κ3) is 2.94. The fraction of sp³-hybridized carbons (Fsp3) is 0.154. The highest BCUT2D eigenvalue weighted by Crippen LogP contribution is 2.12. The molecule has 0 aliphatic carbocycles. The van der Waals surface area contributed by atoms with Crippen LogP contribution in [0, 0.1) is 0 Å². The minimum atomic E-state index is -0.319. The number of nitrogens with zero attached hydrogens (tertiary/aromatic N) is 4. The van der Waals surface area contributed by atoms with E-state index in [0.717, 1.165) is 5.69 Å². The van der Waals surface area contributed by atoms with Gasteiger partial charge in [-0.05, 0) is 24.3 Å². The number of amides is 2. The molecule has 21 heavy (non-hydrogen) atoms. The second-order valence-corrected chi connectivity index (χ2v) is 4.41. The Labute approximate surface area is 119 Å². The van der Waals surface area contributed by atoms with E-state index in [-0.39, 0.29) is 18.2 Å². The highest BCUT2D eigenvalue weighted by molar-refractivity contribution is 6.43. The van der Waals surface area contributed by atoms with Crippen LogP contribution in [0.15, 0.2) is 41.8 Å². The highest BCUT2D eigenvalue weighted by atomic mass is 16.2. The summed E-state index contributed by atoms with van der Waals surface area (Å²) in [6, 6.07) is 7.08. The average Bonchev–Trinajstić information content (AvgIpc) is 3.03. The first-order chi connectivity index (χ1) is 10.2. The molecule has 1 aromatic carbocycles. The molecule has 0 unspecified atom stereocenters. The van der Waals surface area contributed by atoms with Gasteiger partial charge in [-0.1, -0.05) is 0 Å². The Kier molecular flexibility index (Phi) is 3.42. The van der Waals surface area contributed by atoms with Crippen LogP contribution in [-0.4, -0.2) is 32.5 Å². The average molecular weight is 284 g/mol. The summed E-state index contributed by atoms with van der Waals surface area (Å²) in [6.07, 6.45) is 3.79. The van der Waals surface area contributed by atoms with E-state index in [4.69, 9.17) is 0 Å². The van der Waals surface area contributed by atoms with Crippen molar-refractivity contribution in [3.63, 3.8) is 0 Å². The molecule has 0 fully saturated rings. The number of benzene rings is 1. The molecular formula is C13H12N6O2. The van der Waals surface area contributed by atoms with Crippen molar-refractivity contribution >= 4 is 23.2 Å². The van der Waals surface area contributed by atoms with Crippen LogP contribution < -0.4 is 10.7 Å². The van der Waals surface area contributed by atoms with E-state index in [0.29, 0.717) is 17.8 Å². The summed E-state index contributed by atoms with van der Waals surface area (Å²) < 4.78 is 0. The molecule has 1 aromatic heterocycles. The lowest BCUT2D eigenvalue weighted by Gasteiger charge is -2.12. The van der Waals surface area contributed by atoms with Crippen molar-refractivity contribution in [2.75, 3.05) is 5.32 Å². The number of hydrazone groups is 1. The van der Waals surface area contributed by atoms with Gasteiger partial charge in [-0.2, -0.15) is 20.1 Å². The maximum atomic E-state index is 12.0. The molecule has 2 amide bonds. The molecule has 8 heteroatoms. The lowest BCUT2D eigenvalue weighted by atomic mass is 10.1. The van der Waals surface area contributed by atoms with Crippen molar-refractivity contribution in [3.8, 4) is 5.69 Å². The largest absolute Gasteiger partial charge is 0.321 e. The van der Waals surface area contributed by atoms with Crippen molar-refractivity contribution in [2.45, 2.75) is 12.8 Å². The van der Waals surface area contributed by atoms with E-state index in [1.54, 1.807) is 36.7 Å². The zero-order valence-corrected chi connectivity index (χ0v) is 11.0. The standard InChI is InChI=1S/C13H12N6O2/c20-12-6-5-11(17-18-12)13(21)16-9-1-3-10(4-2-9)19-14-7-8-15-19/h1-4,7-8H,5-6H2,(H,16,21)(H,18,20). The number of nitrogens with one attached hydrogen (secondary N) is 2. The molecule has 2 N–H and O–H groups in total. The molecule has 1 aliphatic rings. The van der Waals surface area contributed by atoms with Crippen LogP contribution in [0.2, 0.25) is 0 Å². The first kappa shape index (κ1) is 13.0. The molecule has 2 heterocycles. The molecular weight excluding hydrogens is 272 g/mol. The van der Waals surface area contributed by atoms with Gasteiger partial charge in [0.1, 0.15) is 5.71 Å². The number of anilines is 1. The lowest BCUT2D eigenvalue weighted by Crippen LogP contribution is -2.32. The van der Waals surface area contributed by atoms with Gasteiger partial charge in [-0.15, -0.1) is 0 Å². The summed E-state index contributed by atoms with van der Waals surface area (Å²) in [5, 5.41) is 14.5. The predicted octanol–water partition coefficient (Wildman–Crippen LogP) is 0.472. The number of rotatable bonds is 3. The highest BCUT2D eigenvalue weighted by Gasteiger charge is 2.18. The minimum Gasteiger partial charge on any atom is -0.321 e. The van der Waals surface area contributed by atoms with Crippen molar-refractivity contribution in [1.29, 1.82) is 0 Å². The van der Waals surface area contributed by atoms with Crippen molar-refractivity contribution in [1.82, 2.24) is 20.4 Å². The third-order valence-electron chi connectivity index (χ3n) is 2.94. The van der Waals surface area contributed by atoms with Crippen molar-refractivity contribution < 1.29 is 9.59 Å². The molecule has 0 atom stereocenters. The van der Waals surface area contributed by atoms with Crippen LogP contribution in [0.5, 0.6) is 0 Å². The zero-order chi connectivity index (χ0) is 14.7. The number of carbonyl (C=O) groups excluding carboxylic acids is 2. The molecule has 0 saturated heterocycles. The van der Waals surface area contributed by atoms with E-state index in [2.05, 4.69) is 26.0 Å². The van der Waals surface area contributed by atoms with Gasteiger partial charge in [0.25, 0.3) is 5.91 Å². The Morgan fingerprint density at radius 1 is 1.14 bits per heavy atom. The molecule has 0 radical (unpaired) electrons. The Hall–Kier alpha value is -3.03. The number of carbonyl (C=O) groups is 2. The zero-order valence-electron chi connectivity index (χ0n) is 11.0. The normalized spacial score (nSPS) is 14.3. The van der Waals surface area contributed by atoms with Gasteiger partial charge in [-0.3, -0.25) is 9.59 Å². The molecule has 0 saturated carbocycles. The Bertz CT molecular complexity index is 690. The van der Waals surface area contributed by atoms with Gasteiger partial charge in [-0.25, -0.2) is 5.43 Å². The van der Waals surface area contributed by atoms with E-state index < -0.39 is 0 Å². The first-order valence-electron chi connectivity index (χ1n) is 6.36. The molecule has 106 valence electrons. The maximum Gasteiger partial charge on any atom is 0.271 e. The van der Waals surface area contributed by atoms with Crippen molar-refractivity contribution in [2.24, 2.45) is 5.10 Å². The number of hydrogen-bond donors (Lipinski definition) is 2. The Balaban J connectivity index is 1.68. The van der Waals surface area contributed by atoms with Crippen LogP contribution >= 0.6 is 0 Å². The second-order valence-electron chi connectivity index (χ2n) is 4.41. The van der Waals surface area contributed by atoms with E-state index in [9.17, 15) is 9.59 Å². The van der Waals surface area contributed by atoms with Gasteiger partial charge in [0, 0.05) is 18.5 Å². The smallest absolute Gasteiger partial charge is 0.271 e. The van der Waals surface area contributed by atoms with E-state index in [1.807, 2.05) is 0 Å². The molecule has 1 aliphatic heterocycles. The third-order valence-corrected chi connectivity index (χ3v) is 2.94. The van der Waals surface area contributed by atoms with E-state index in [1.165, 1.54) is 4.80 Å². The summed E-state index contributed by atoms with van der Waals surface area (Å²) in [6.45, 7) is 0. The summed E-state index contributed by atoms with van der Waals surface area (Å²) >= 11 is 0. The van der Waals surface area contributed by atoms with Gasteiger partial charge < -0.3 is 5.32 Å². The molecule has 8 nitrogen and oxygen atoms in total. The fourth-order valence-electron chi connectivity index (χ4n) is 1.87. The Morgan fingerprint density at radius 2 is 1.86 bits per heavy atom. The minimum absolute atomic E-state index is 0.178. The SMILES string of the molecule is O=C1CCC(C(=O)Nc2ccc(-n3nccn3)cc2)=NN1. The summed E-state index contributed by atoms with van der Waals surface area (Å²) in [5.41, 5.74) is 4.03. The molecule has 0 bridgehead atoms. The second kappa shape index (κ2) is 5.53. The van der Waals surface area contributed by atoms with Crippen LogP contribution in [0.3, 0.4) is 0 Å². The Morgan fingerprint density at radius 3 is 2.48 bits per heavy atom. The summed E-state index contributed by atoms with van der Waals surface area (Å²) in [5.74, 6) is -0.498. The number of aromatic nitrogens is 3. The van der Waals surface area contributed by atoms with Crippen LogP contribution in [0.1, 0.15) is 12.8 Å².